The van der Waals surface area contributed by atoms with Crippen molar-refractivity contribution in [1.29, 1.82) is 0 Å². The van der Waals surface area contributed by atoms with E-state index in [1.54, 1.807) is 0 Å². The van der Waals surface area contributed by atoms with Crippen LogP contribution in [0.1, 0.15) is 18.4 Å². The maximum atomic E-state index is 14.2. The molecule has 0 aliphatic heterocycles. The van der Waals surface area contributed by atoms with Gasteiger partial charge in [-0.15, -0.1) is 0 Å². The molecule has 1 saturated carbocycles. The van der Waals surface area contributed by atoms with Gasteiger partial charge in [-0.2, -0.15) is 0 Å². The van der Waals surface area contributed by atoms with Crippen molar-refractivity contribution in [3.63, 3.8) is 0 Å². The summed E-state index contributed by atoms with van der Waals surface area (Å²) in [4.78, 5) is 0. The van der Waals surface area contributed by atoms with Gasteiger partial charge in [0.2, 0.25) is 0 Å². The van der Waals surface area contributed by atoms with Crippen molar-refractivity contribution < 1.29 is 13.9 Å². The van der Waals surface area contributed by atoms with Gasteiger partial charge in [0.15, 0.2) is 11.5 Å². The predicted molar refractivity (Wildman–Crippen MR) is 64.5 cm³/mol. The van der Waals surface area contributed by atoms with Gasteiger partial charge in [-0.1, -0.05) is 11.6 Å². The van der Waals surface area contributed by atoms with Crippen molar-refractivity contribution in [2.45, 2.75) is 18.3 Å². The minimum atomic E-state index is -0.452. The Morgan fingerprint density at radius 1 is 1.41 bits per heavy atom. The quantitative estimate of drug-likeness (QED) is 0.904. The third-order valence-corrected chi connectivity index (χ3v) is 3.61. The monoisotopic (exact) mass is 259 g/mol. The first kappa shape index (κ1) is 12.5. The molecule has 0 unspecified atom stereocenters. The highest BCUT2D eigenvalue weighted by molar-refractivity contribution is 6.31. The Labute approximate surface area is 105 Å². The number of benzene rings is 1. The zero-order valence-corrected chi connectivity index (χ0v) is 10.6. The van der Waals surface area contributed by atoms with Crippen molar-refractivity contribution in [3.05, 3.63) is 22.5 Å². The van der Waals surface area contributed by atoms with Gasteiger partial charge in [0.1, 0.15) is 5.82 Å². The van der Waals surface area contributed by atoms with Crippen molar-refractivity contribution >= 4 is 11.6 Å². The van der Waals surface area contributed by atoms with E-state index in [9.17, 15) is 4.39 Å². The summed E-state index contributed by atoms with van der Waals surface area (Å²) in [5.74, 6) is 0.387. The van der Waals surface area contributed by atoms with E-state index in [2.05, 4.69) is 0 Å². The standard InChI is InChI=1S/C12H15ClFNO2/c1-16-8-5-7(13)10(14)9(11(8)17-2)12(6-15)3-4-12/h5H,3-4,6,15H2,1-2H3. The zero-order valence-electron chi connectivity index (χ0n) is 9.85. The number of hydrogen-bond acceptors (Lipinski definition) is 3. The van der Waals surface area contributed by atoms with E-state index in [-0.39, 0.29) is 10.4 Å². The molecule has 1 aliphatic rings. The van der Waals surface area contributed by atoms with Crippen LogP contribution in [-0.2, 0) is 5.41 Å². The van der Waals surface area contributed by atoms with E-state index < -0.39 is 5.82 Å². The molecular formula is C12H15ClFNO2. The summed E-state index contributed by atoms with van der Waals surface area (Å²) in [5, 5.41) is 0.0392. The molecule has 1 aliphatic carbocycles. The molecule has 0 aromatic heterocycles. The van der Waals surface area contributed by atoms with Gasteiger partial charge >= 0.3 is 0 Å². The molecule has 3 nitrogen and oxygen atoms in total. The molecule has 0 saturated heterocycles. The van der Waals surface area contributed by atoms with Crippen molar-refractivity contribution in [2.75, 3.05) is 20.8 Å². The topological polar surface area (TPSA) is 44.5 Å². The Bertz CT molecular complexity index is 447. The summed E-state index contributed by atoms with van der Waals surface area (Å²) in [6.45, 7) is 0.379. The molecule has 17 heavy (non-hydrogen) atoms. The highest BCUT2D eigenvalue weighted by atomic mass is 35.5. The lowest BCUT2D eigenvalue weighted by Gasteiger charge is -2.20. The van der Waals surface area contributed by atoms with Crippen LogP contribution in [0.5, 0.6) is 11.5 Å². The van der Waals surface area contributed by atoms with E-state index >= 15 is 0 Å². The number of ether oxygens (including phenoxy) is 2. The second-order valence-corrected chi connectivity index (χ2v) is 4.67. The highest BCUT2D eigenvalue weighted by Crippen LogP contribution is 2.54. The molecule has 2 rings (SSSR count). The van der Waals surface area contributed by atoms with Crippen LogP contribution in [0.25, 0.3) is 0 Å². The van der Waals surface area contributed by atoms with Gasteiger partial charge in [-0.25, -0.2) is 4.39 Å². The van der Waals surface area contributed by atoms with E-state index in [0.29, 0.717) is 23.6 Å². The minimum Gasteiger partial charge on any atom is -0.493 e. The van der Waals surface area contributed by atoms with Gasteiger partial charge in [0.05, 0.1) is 19.2 Å². The SMILES string of the molecule is COc1cc(Cl)c(F)c(C2(CN)CC2)c1OC. The lowest BCUT2D eigenvalue weighted by atomic mass is 9.94. The average Bonchev–Trinajstić information content (AvgIpc) is 3.12. The third kappa shape index (κ3) is 1.85. The summed E-state index contributed by atoms with van der Waals surface area (Å²) in [5.41, 5.74) is 5.84. The molecule has 0 radical (unpaired) electrons. The Balaban J connectivity index is 2.66. The van der Waals surface area contributed by atoms with Gasteiger partial charge in [-0.05, 0) is 12.8 Å². The lowest BCUT2D eigenvalue weighted by Crippen LogP contribution is -2.22. The Morgan fingerprint density at radius 2 is 2.06 bits per heavy atom. The summed E-state index contributed by atoms with van der Waals surface area (Å²) in [6.07, 6.45) is 1.69. The summed E-state index contributed by atoms with van der Waals surface area (Å²) >= 11 is 5.87. The number of halogens is 2. The van der Waals surface area contributed by atoms with Crippen LogP contribution in [0.3, 0.4) is 0 Å². The molecular weight excluding hydrogens is 245 g/mol. The fraction of sp³-hybridized carbons (Fsp3) is 0.500. The van der Waals surface area contributed by atoms with Crippen LogP contribution in [0, 0.1) is 5.82 Å². The first-order valence-corrected chi connectivity index (χ1v) is 5.78. The highest BCUT2D eigenvalue weighted by Gasteiger charge is 2.48. The van der Waals surface area contributed by atoms with Gasteiger partial charge < -0.3 is 15.2 Å². The third-order valence-electron chi connectivity index (χ3n) is 3.34. The van der Waals surface area contributed by atoms with Gasteiger partial charge in [0.25, 0.3) is 0 Å². The number of nitrogens with two attached hydrogens (primary N) is 1. The van der Waals surface area contributed by atoms with E-state index in [1.807, 2.05) is 0 Å². The Hall–Kier alpha value is -1.00. The summed E-state index contributed by atoms with van der Waals surface area (Å²) in [6, 6.07) is 1.42. The predicted octanol–water partition coefficient (Wildman–Crippen LogP) is 2.49. The molecule has 1 aromatic carbocycles. The Morgan fingerprint density at radius 3 is 2.47 bits per heavy atom. The van der Waals surface area contributed by atoms with Crippen molar-refractivity contribution in [2.24, 2.45) is 5.73 Å². The van der Waals surface area contributed by atoms with Crippen LogP contribution in [0.15, 0.2) is 6.07 Å². The molecule has 94 valence electrons. The van der Waals surface area contributed by atoms with Crippen LogP contribution in [-0.4, -0.2) is 20.8 Å². The van der Waals surface area contributed by atoms with E-state index in [0.717, 1.165) is 12.8 Å². The molecule has 5 heteroatoms. The smallest absolute Gasteiger partial charge is 0.167 e. The number of methoxy groups -OCH3 is 2. The molecule has 1 fully saturated rings. The number of hydrogen-bond donors (Lipinski definition) is 1. The Kier molecular flexibility index (Phi) is 3.19. The molecule has 0 amide bonds. The molecule has 0 bridgehead atoms. The lowest BCUT2D eigenvalue weighted by molar-refractivity contribution is 0.344. The first-order valence-electron chi connectivity index (χ1n) is 5.40. The van der Waals surface area contributed by atoms with E-state index in [1.165, 1.54) is 20.3 Å². The first-order chi connectivity index (χ1) is 8.09. The van der Waals surface area contributed by atoms with Crippen LogP contribution in [0.2, 0.25) is 5.02 Å². The minimum absolute atomic E-state index is 0.0392. The summed E-state index contributed by atoms with van der Waals surface area (Å²) in [7, 11) is 2.99. The van der Waals surface area contributed by atoms with Gasteiger partial charge in [-0.3, -0.25) is 0 Å². The molecule has 2 N–H and O–H groups in total. The van der Waals surface area contributed by atoms with Crippen LogP contribution in [0.4, 0.5) is 4.39 Å². The maximum absolute atomic E-state index is 14.2. The normalized spacial score (nSPS) is 16.8. The molecule has 1 aromatic rings. The molecule has 0 spiro atoms. The summed E-state index contributed by atoms with van der Waals surface area (Å²) < 4.78 is 24.6. The largest absolute Gasteiger partial charge is 0.493 e. The second-order valence-electron chi connectivity index (χ2n) is 4.27. The number of rotatable bonds is 4. The van der Waals surface area contributed by atoms with E-state index in [4.69, 9.17) is 26.8 Å². The fourth-order valence-corrected chi connectivity index (χ4v) is 2.31. The maximum Gasteiger partial charge on any atom is 0.167 e. The second kappa shape index (κ2) is 4.35. The van der Waals surface area contributed by atoms with Crippen LogP contribution >= 0.6 is 11.6 Å². The van der Waals surface area contributed by atoms with Gasteiger partial charge in [0, 0.05) is 23.6 Å². The molecule has 0 atom stereocenters. The fourth-order valence-electron chi connectivity index (χ4n) is 2.12. The van der Waals surface area contributed by atoms with Crippen molar-refractivity contribution in [3.8, 4) is 11.5 Å². The van der Waals surface area contributed by atoms with Crippen molar-refractivity contribution in [1.82, 2.24) is 0 Å². The average molecular weight is 260 g/mol. The molecule has 0 heterocycles. The van der Waals surface area contributed by atoms with Crippen LogP contribution < -0.4 is 15.2 Å². The zero-order chi connectivity index (χ0) is 12.6.